The zero-order valence-corrected chi connectivity index (χ0v) is 20.2. The second kappa shape index (κ2) is 10.5. The van der Waals surface area contributed by atoms with Crippen LogP contribution in [-0.4, -0.2) is 40.0 Å². The van der Waals surface area contributed by atoms with Gasteiger partial charge in [-0.2, -0.15) is 5.10 Å². The Hall–Kier alpha value is -4.07. The Morgan fingerprint density at radius 2 is 1.69 bits per heavy atom. The molecule has 0 aliphatic rings. The van der Waals surface area contributed by atoms with Crippen LogP contribution in [0.4, 0.5) is 0 Å². The van der Waals surface area contributed by atoms with Crippen molar-refractivity contribution in [2.24, 2.45) is 0 Å². The Balaban J connectivity index is 1.34. The van der Waals surface area contributed by atoms with Crippen LogP contribution in [0, 0.1) is 6.92 Å². The summed E-state index contributed by atoms with van der Waals surface area (Å²) in [5, 5.41) is 19.2. The van der Waals surface area contributed by atoms with E-state index < -0.39 is 0 Å². The molecule has 0 unspecified atom stereocenters. The fraction of sp³-hybridized carbons (Fsp3) is 0.296. The van der Waals surface area contributed by atoms with Gasteiger partial charge in [0, 0.05) is 24.2 Å². The lowest BCUT2D eigenvalue weighted by molar-refractivity contribution is 0.613. The average molecular weight is 467 g/mol. The summed E-state index contributed by atoms with van der Waals surface area (Å²) in [4.78, 5) is 4.89. The molecule has 0 saturated carbocycles. The summed E-state index contributed by atoms with van der Waals surface area (Å²) >= 11 is 0. The van der Waals surface area contributed by atoms with Crippen molar-refractivity contribution in [3.63, 3.8) is 0 Å². The zero-order chi connectivity index (χ0) is 24.0. The van der Waals surface area contributed by atoms with Crippen molar-refractivity contribution >= 4 is 0 Å². The molecule has 0 atom stereocenters. The maximum absolute atomic E-state index is 4.89. The molecule has 8 nitrogen and oxygen atoms in total. The normalized spacial score (nSPS) is 11.3. The van der Waals surface area contributed by atoms with Gasteiger partial charge in [0.15, 0.2) is 11.6 Å². The molecule has 1 N–H and O–H groups in total. The minimum absolute atomic E-state index is 0.647. The maximum Gasteiger partial charge on any atom is 0.196 e. The molecular weight excluding hydrogens is 436 g/mol. The molecule has 0 fully saturated rings. The predicted molar refractivity (Wildman–Crippen MR) is 135 cm³/mol. The number of benzene rings is 2. The highest BCUT2D eigenvalue weighted by molar-refractivity contribution is 5.56. The van der Waals surface area contributed by atoms with Crippen molar-refractivity contribution in [2.45, 2.75) is 52.5 Å². The van der Waals surface area contributed by atoms with Crippen molar-refractivity contribution in [1.29, 1.82) is 0 Å². The van der Waals surface area contributed by atoms with Crippen LogP contribution in [-0.2, 0) is 25.8 Å². The van der Waals surface area contributed by atoms with Crippen LogP contribution in [0.2, 0.25) is 0 Å². The number of H-pyrrole nitrogens is 1. The largest absolute Gasteiger partial charge is 0.311 e. The number of aromatic nitrogens is 8. The molecular formula is C27H30N8. The van der Waals surface area contributed by atoms with Crippen LogP contribution in [0.3, 0.4) is 0 Å². The first kappa shape index (κ1) is 22.7. The van der Waals surface area contributed by atoms with Gasteiger partial charge < -0.3 is 4.57 Å². The van der Waals surface area contributed by atoms with Gasteiger partial charge in [-0.05, 0) is 65.6 Å². The van der Waals surface area contributed by atoms with E-state index >= 15 is 0 Å². The second-order valence-electron chi connectivity index (χ2n) is 8.80. The third-order valence-electron chi connectivity index (χ3n) is 6.22. The summed E-state index contributed by atoms with van der Waals surface area (Å²) in [6, 6.07) is 23.2. The quantitative estimate of drug-likeness (QED) is 0.321. The van der Waals surface area contributed by atoms with E-state index in [-0.39, 0.29) is 0 Å². The molecule has 35 heavy (non-hydrogen) atoms. The van der Waals surface area contributed by atoms with E-state index in [0.29, 0.717) is 12.4 Å². The third-order valence-corrected chi connectivity index (χ3v) is 6.22. The molecule has 0 spiro atoms. The number of rotatable bonds is 10. The van der Waals surface area contributed by atoms with Crippen molar-refractivity contribution in [3.8, 4) is 17.2 Å². The number of hydrogen-bond acceptors (Lipinski definition) is 5. The Labute approximate surface area is 205 Å². The summed E-state index contributed by atoms with van der Waals surface area (Å²) in [7, 11) is 0. The molecule has 0 amide bonds. The van der Waals surface area contributed by atoms with Gasteiger partial charge in [0.05, 0.1) is 12.2 Å². The molecule has 3 heterocycles. The van der Waals surface area contributed by atoms with E-state index in [9.17, 15) is 0 Å². The van der Waals surface area contributed by atoms with E-state index in [0.717, 1.165) is 60.8 Å². The van der Waals surface area contributed by atoms with Crippen molar-refractivity contribution in [2.75, 3.05) is 0 Å². The Morgan fingerprint density at radius 1 is 0.857 bits per heavy atom. The molecule has 5 rings (SSSR count). The van der Waals surface area contributed by atoms with E-state index in [4.69, 9.17) is 10.1 Å². The minimum atomic E-state index is 0.647. The number of nitrogens with one attached hydrogen (secondary N) is 1. The summed E-state index contributed by atoms with van der Waals surface area (Å²) < 4.78 is 4.23. The fourth-order valence-corrected chi connectivity index (χ4v) is 4.34. The van der Waals surface area contributed by atoms with E-state index in [1.165, 1.54) is 11.1 Å². The molecule has 8 heteroatoms. The van der Waals surface area contributed by atoms with E-state index in [2.05, 4.69) is 104 Å². The van der Waals surface area contributed by atoms with E-state index in [1.807, 2.05) is 6.07 Å². The lowest BCUT2D eigenvalue weighted by Gasteiger charge is -2.11. The lowest BCUT2D eigenvalue weighted by atomic mass is 10.1. The smallest absolute Gasteiger partial charge is 0.196 e. The van der Waals surface area contributed by atoms with Gasteiger partial charge in [0.2, 0.25) is 0 Å². The van der Waals surface area contributed by atoms with Gasteiger partial charge >= 0.3 is 0 Å². The standard InChI is InChI=1S/C27H30N8/c1-3-4-10-26-28-25(18-14-21-8-6-5-7-9-21)31-34(26)19-22-12-15-23(16-13-22)35-20(2)11-17-24(35)27-29-32-33-30-27/h5-9,11-13,15-17H,3-4,10,14,18-19H2,1-2H3,(H,29,30,32,33). The minimum Gasteiger partial charge on any atom is -0.311 e. The maximum atomic E-state index is 4.89. The first-order valence-electron chi connectivity index (χ1n) is 12.2. The van der Waals surface area contributed by atoms with Crippen LogP contribution in [0.25, 0.3) is 17.2 Å². The van der Waals surface area contributed by atoms with Crippen LogP contribution in [0.5, 0.6) is 0 Å². The topological polar surface area (TPSA) is 90.1 Å². The van der Waals surface area contributed by atoms with Gasteiger partial charge in [-0.1, -0.05) is 55.8 Å². The molecule has 0 bridgehead atoms. The van der Waals surface area contributed by atoms with Crippen LogP contribution >= 0.6 is 0 Å². The summed E-state index contributed by atoms with van der Waals surface area (Å²) in [6.45, 7) is 5.00. The molecule has 0 radical (unpaired) electrons. The van der Waals surface area contributed by atoms with Crippen LogP contribution in [0.1, 0.15) is 48.2 Å². The number of nitrogens with zero attached hydrogens (tertiary/aromatic N) is 7. The van der Waals surface area contributed by atoms with Gasteiger partial charge in [0.1, 0.15) is 5.82 Å². The molecule has 0 aliphatic heterocycles. The molecule has 0 saturated heterocycles. The highest BCUT2D eigenvalue weighted by atomic mass is 15.5. The monoisotopic (exact) mass is 466 g/mol. The third kappa shape index (κ3) is 5.21. The van der Waals surface area contributed by atoms with Crippen molar-refractivity contribution in [1.82, 2.24) is 40.0 Å². The number of tetrazole rings is 1. The second-order valence-corrected chi connectivity index (χ2v) is 8.80. The van der Waals surface area contributed by atoms with Crippen molar-refractivity contribution < 1.29 is 0 Å². The van der Waals surface area contributed by atoms with Gasteiger partial charge in [0.25, 0.3) is 0 Å². The van der Waals surface area contributed by atoms with Crippen LogP contribution < -0.4 is 0 Å². The Morgan fingerprint density at radius 3 is 2.43 bits per heavy atom. The van der Waals surface area contributed by atoms with Gasteiger partial charge in [-0.3, -0.25) is 0 Å². The summed E-state index contributed by atoms with van der Waals surface area (Å²) in [6.07, 6.45) is 5.00. The Kier molecular flexibility index (Phi) is 6.79. The van der Waals surface area contributed by atoms with Gasteiger partial charge in [-0.25, -0.2) is 14.8 Å². The number of hydrogen-bond donors (Lipinski definition) is 1. The number of aromatic amines is 1. The first-order valence-corrected chi connectivity index (χ1v) is 12.2. The highest BCUT2D eigenvalue weighted by Gasteiger charge is 2.14. The summed E-state index contributed by atoms with van der Waals surface area (Å²) in [5.74, 6) is 2.64. The Bertz CT molecular complexity index is 1350. The molecule has 3 aromatic heterocycles. The van der Waals surface area contributed by atoms with E-state index in [1.54, 1.807) is 0 Å². The molecule has 178 valence electrons. The molecule has 5 aromatic rings. The SMILES string of the molecule is CCCCc1nc(CCc2ccccc2)nn1Cc1ccc(-n2c(C)ccc2-c2nnn[nH]2)cc1. The summed E-state index contributed by atoms with van der Waals surface area (Å²) in [5.41, 5.74) is 5.62. The lowest BCUT2D eigenvalue weighted by Crippen LogP contribution is -2.08. The zero-order valence-electron chi connectivity index (χ0n) is 20.2. The van der Waals surface area contributed by atoms with Crippen LogP contribution in [0.15, 0.2) is 66.7 Å². The number of aryl methyl sites for hydroxylation is 4. The number of unbranched alkanes of at least 4 members (excludes halogenated alkanes) is 1. The molecule has 0 aliphatic carbocycles. The predicted octanol–water partition coefficient (Wildman–Crippen LogP) is 4.73. The fourth-order valence-electron chi connectivity index (χ4n) is 4.34. The van der Waals surface area contributed by atoms with Gasteiger partial charge in [-0.15, -0.1) is 5.10 Å². The first-order chi connectivity index (χ1) is 17.2. The van der Waals surface area contributed by atoms with Crippen molar-refractivity contribution in [3.05, 3.63) is 95.2 Å². The molecule has 2 aromatic carbocycles. The average Bonchev–Trinajstić information content (AvgIpc) is 3.63. The highest BCUT2D eigenvalue weighted by Crippen LogP contribution is 2.24.